The van der Waals surface area contributed by atoms with Gasteiger partial charge in [-0.25, -0.2) is 9.97 Å². The van der Waals surface area contributed by atoms with Crippen LogP contribution in [0.3, 0.4) is 0 Å². The van der Waals surface area contributed by atoms with Crippen molar-refractivity contribution in [2.45, 2.75) is 44.3 Å². The quantitative estimate of drug-likeness (QED) is 0.861. The van der Waals surface area contributed by atoms with Gasteiger partial charge in [-0.3, -0.25) is 0 Å². The van der Waals surface area contributed by atoms with E-state index in [1.54, 1.807) is 0 Å². The summed E-state index contributed by atoms with van der Waals surface area (Å²) in [6.07, 6.45) is 6.44. The third-order valence-electron chi connectivity index (χ3n) is 5.42. The van der Waals surface area contributed by atoms with Gasteiger partial charge in [0, 0.05) is 35.6 Å². The van der Waals surface area contributed by atoms with Gasteiger partial charge in [0.2, 0.25) is 0 Å². The highest BCUT2D eigenvalue weighted by molar-refractivity contribution is 5.63. The summed E-state index contributed by atoms with van der Waals surface area (Å²) < 4.78 is 6.00. The minimum absolute atomic E-state index is 0.371. The third-order valence-corrected chi connectivity index (χ3v) is 5.42. The van der Waals surface area contributed by atoms with Crippen LogP contribution < -0.4 is 10.6 Å². The summed E-state index contributed by atoms with van der Waals surface area (Å²) in [5.74, 6) is 1.97. The van der Waals surface area contributed by atoms with Crippen LogP contribution in [0, 0.1) is 0 Å². The lowest BCUT2D eigenvalue weighted by molar-refractivity contribution is 0.0302. The molecule has 2 unspecified atom stereocenters. The first-order chi connectivity index (χ1) is 11.8. The molecule has 0 saturated carbocycles. The van der Waals surface area contributed by atoms with E-state index in [0.717, 1.165) is 48.8 Å². The number of nitrogen functional groups attached to an aromatic ring is 1. The zero-order chi connectivity index (χ0) is 16.1. The third kappa shape index (κ3) is 2.35. The zero-order valence-electron chi connectivity index (χ0n) is 13.7. The molecule has 5 nitrogen and oxygen atoms in total. The van der Waals surface area contributed by atoms with Crippen LogP contribution in [0.4, 0.5) is 11.5 Å². The Hall–Kier alpha value is -2.14. The Morgan fingerprint density at radius 3 is 2.50 bits per heavy atom. The minimum Gasteiger partial charge on any atom is -0.399 e. The van der Waals surface area contributed by atoms with Crippen molar-refractivity contribution >= 4 is 11.5 Å². The molecule has 3 heterocycles. The molecule has 2 N–H and O–H groups in total. The Bertz CT molecular complexity index is 762. The number of morpholine rings is 1. The van der Waals surface area contributed by atoms with Crippen LogP contribution in [0.2, 0.25) is 0 Å². The van der Waals surface area contributed by atoms with E-state index in [4.69, 9.17) is 20.4 Å². The fraction of sp³-hybridized carbons (Fsp3) is 0.474. The van der Waals surface area contributed by atoms with E-state index in [1.165, 1.54) is 30.5 Å². The van der Waals surface area contributed by atoms with E-state index in [2.05, 4.69) is 4.90 Å². The summed E-state index contributed by atoms with van der Waals surface area (Å²) in [6, 6.07) is 7.86. The lowest BCUT2D eigenvalue weighted by Crippen LogP contribution is -2.43. The molecular weight excluding hydrogens is 300 g/mol. The number of ether oxygens (including phenoxy) is 1. The normalized spacial score (nSPS) is 25.1. The van der Waals surface area contributed by atoms with Crippen LogP contribution in [0.15, 0.2) is 24.3 Å². The van der Waals surface area contributed by atoms with Gasteiger partial charge in [0.05, 0.1) is 12.2 Å². The second kappa shape index (κ2) is 5.45. The predicted molar refractivity (Wildman–Crippen MR) is 94.0 cm³/mol. The van der Waals surface area contributed by atoms with Crippen LogP contribution in [0.25, 0.3) is 11.4 Å². The first kappa shape index (κ1) is 14.2. The highest BCUT2D eigenvalue weighted by Crippen LogP contribution is 2.35. The molecule has 2 atom stereocenters. The van der Waals surface area contributed by atoms with Gasteiger partial charge in [-0.1, -0.05) is 0 Å². The smallest absolute Gasteiger partial charge is 0.161 e. The molecule has 24 heavy (non-hydrogen) atoms. The highest BCUT2D eigenvalue weighted by Gasteiger charge is 2.36. The molecule has 2 aromatic rings. The molecule has 2 aliphatic heterocycles. The number of aryl methyl sites for hydroxylation is 1. The molecule has 1 aliphatic carbocycles. The van der Waals surface area contributed by atoms with E-state index in [1.807, 2.05) is 24.3 Å². The van der Waals surface area contributed by atoms with Gasteiger partial charge >= 0.3 is 0 Å². The first-order valence-corrected chi connectivity index (χ1v) is 8.92. The summed E-state index contributed by atoms with van der Waals surface area (Å²) in [6.45, 7) is 1.92. The van der Waals surface area contributed by atoms with Crippen molar-refractivity contribution in [1.82, 2.24) is 9.97 Å². The Morgan fingerprint density at radius 2 is 1.75 bits per heavy atom. The number of anilines is 2. The number of nitrogens with two attached hydrogens (primary N) is 1. The van der Waals surface area contributed by atoms with Gasteiger partial charge in [0.15, 0.2) is 5.82 Å². The molecule has 0 radical (unpaired) electrons. The van der Waals surface area contributed by atoms with Gasteiger partial charge in [0.25, 0.3) is 0 Å². The molecule has 5 rings (SSSR count). The van der Waals surface area contributed by atoms with E-state index in [-0.39, 0.29) is 0 Å². The Balaban J connectivity index is 1.57. The fourth-order valence-electron chi connectivity index (χ4n) is 4.22. The monoisotopic (exact) mass is 322 g/mol. The number of hydrogen-bond donors (Lipinski definition) is 1. The van der Waals surface area contributed by atoms with Crippen LogP contribution in [0.1, 0.15) is 30.5 Å². The molecule has 1 aromatic carbocycles. The maximum Gasteiger partial charge on any atom is 0.161 e. The molecule has 2 bridgehead atoms. The van der Waals surface area contributed by atoms with Gasteiger partial charge in [0.1, 0.15) is 5.82 Å². The van der Waals surface area contributed by atoms with Crippen molar-refractivity contribution in [2.75, 3.05) is 23.7 Å². The van der Waals surface area contributed by atoms with Crippen molar-refractivity contribution in [2.24, 2.45) is 0 Å². The van der Waals surface area contributed by atoms with E-state index in [0.29, 0.717) is 12.2 Å². The number of rotatable bonds is 2. The van der Waals surface area contributed by atoms with Gasteiger partial charge in [-0.2, -0.15) is 0 Å². The molecule has 2 fully saturated rings. The second-order valence-electron chi connectivity index (χ2n) is 7.13. The standard InChI is InChI=1S/C19H22N4O/c20-13-6-4-12(5-7-13)18-21-17-3-1-2-16(17)19(22-18)23-10-14-8-9-15(11-23)24-14/h4-7,14-15H,1-3,8-11,20H2. The molecular formula is C19H22N4O. The van der Waals surface area contributed by atoms with Crippen molar-refractivity contribution in [3.05, 3.63) is 35.5 Å². The first-order valence-electron chi connectivity index (χ1n) is 8.92. The van der Waals surface area contributed by atoms with E-state index >= 15 is 0 Å². The summed E-state index contributed by atoms with van der Waals surface area (Å²) >= 11 is 0. The molecule has 2 saturated heterocycles. The summed E-state index contributed by atoms with van der Waals surface area (Å²) in [4.78, 5) is 12.3. The average molecular weight is 322 g/mol. The van der Waals surface area contributed by atoms with Gasteiger partial charge < -0.3 is 15.4 Å². The van der Waals surface area contributed by atoms with Gasteiger partial charge in [-0.15, -0.1) is 0 Å². The molecule has 1 aromatic heterocycles. The number of nitrogens with zero attached hydrogens (tertiary/aromatic N) is 3. The number of aromatic nitrogens is 2. The van der Waals surface area contributed by atoms with Crippen LogP contribution in [0.5, 0.6) is 0 Å². The molecule has 124 valence electrons. The average Bonchev–Trinajstić information content (AvgIpc) is 3.20. The predicted octanol–water partition coefficient (Wildman–Crippen LogP) is 2.58. The Kier molecular flexibility index (Phi) is 3.23. The van der Waals surface area contributed by atoms with Crippen molar-refractivity contribution in [3.8, 4) is 11.4 Å². The summed E-state index contributed by atoms with van der Waals surface area (Å²) in [7, 11) is 0. The largest absolute Gasteiger partial charge is 0.399 e. The maximum atomic E-state index is 6.00. The lowest BCUT2D eigenvalue weighted by Gasteiger charge is -2.34. The SMILES string of the molecule is Nc1ccc(-c2nc3c(c(N4CC5CCC(C4)O5)n2)CCC3)cc1. The Labute approximate surface area is 141 Å². The molecule has 5 heteroatoms. The zero-order valence-corrected chi connectivity index (χ0v) is 13.7. The molecule has 3 aliphatic rings. The Morgan fingerprint density at radius 1 is 1.00 bits per heavy atom. The number of hydrogen-bond acceptors (Lipinski definition) is 5. The molecule has 0 spiro atoms. The molecule has 0 amide bonds. The number of benzene rings is 1. The maximum absolute atomic E-state index is 6.00. The highest BCUT2D eigenvalue weighted by atomic mass is 16.5. The summed E-state index contributed by atoms with van der Waals surface area (Å²) in [5.41, 5.74) is 10.2. The van der Waals surface area contributed by atoms with Crippen LogP contribution in [-0.4, -0.2) is 35.3 Å². The van der Waals surface area contributed by atoms with Crippen molar-refractivity contribution < 1.29 is 4.74 Å². The lowest BCUT2D eigenvalue weighted by atomic mass is 10.1. The number of fused-ring (bicyclic) bond motifs is 3. The van der Waals surface area contributed by atoms with Crippen molar-refractivity contribution in [3.63, 3.8) is 0 Å². The summed E-state index contributed by atoms with van der Waals surface area (Å²) in [5, 5.41) is 0. The second-order valence-corrected chi connectivity index (χ2v) is 7.13. The van der Waals surface area contributed by atoms with Gasteiger partial charge in [-0.05, 0) is 56.4 Å². The van der Waals surface area contributed by atoms with Crippen molar-refractivity contribution in [1.29, 1.82) is 0 Å². The topological polar surface area (TPSA) is 64.3 Å². The minimum atomic E-state index is 0.371. The van der Waals surface area contributed by atoms with E-state index in [9.17, 15) is 0 Å². The van der Waals surface area contributed by atoms with Crippen LogP contribution >= 0.6 is 0 Å². The van der Waals surface area contributed by atoms with Crippen LogP contribution in [-0.2, 0) is 17.6 Å². The van der Waals surface area contributed by atoms with E-state index < -0.39 is 0 Å². The fourth-order valence-corrected chi connectivity index (χ4v) is 4.22.